The Hall–Kier alpha value is -1.95. The smallest absolute Gasteiger partial charge is 0.255 e. The number of phenols is 1. The molecular weight excluding hydrogens is 286 g/mol. The molecule has 86 valence electrons. The lowest BCUT2D eigenvalue weighted by atomic mass is 10.2. The Morgan fingerprint density at radius 2 is 2.00 bits per heavy atom. The summed E-state index contributed by atoms with van der Waals surface area (Å²) < 4.78 is 0.539. The molecule has 0 aliphatic carbocycles. The summed E-state index contributed by atoms with van der Waals surface area (Å²) >= 11 is 3.14. The van der Waals surface area contributed by atoms with Crippen molar-refractivity contribution in [2.24, 2.45) is 0 Å². The highest BCUT2D eigenvalue weighted by Gasteiger charge is 2.08. The lowest BCUT2D eigenvalue weighted by Gasteiger charge is -2.05. The lowest BCUT2D eigenvalue weighted by Crippen LogP contribution is -2.12. The molecule has 6 heteroatoms. The van der Waals surface area contributed by atoms with Crippen LogP contribution in [0.2, 0.25) is 0 Å². The van der Waals surface area contributed by atoms with Gasteiger partial charge in [-0.2, -0.15) is 0 Å². The third kappa shape index (κ3) is 2.79. The van der Waals surface area contributed by atoms with Gasteiger partial charge in [-0.3, -0.25) is 4.79 Å². The van der Waals surface area contributed by atoms with Crippen LogP contribution in [0.5, 0.6) is 5.75 Å². The fourth-order valence-corrected chi connectivity index (χ4v) is 1.47. The van der Waals surface area contributed by atoms with Crippen LogP contribution in [0.1, 0.15) is 10.4 Å². The van der Waals surface area contributed by atoms with E-state index in [1.807, 2.05) is 0 Å². The van der Waals surface area contributed by atoms with Gasteiger partial charge in [-0.05, 0) is 34.1 Å². The second-order valence-electron chi connectivity index (χ2n) is 3.25. The van der Waals surface area contributed by atoms with E-state index in [1.54, 1.807) is 12.1 Å². The number of phenolic OH excluding ortho intramolecular Hbond substituents is 1. The summed E-state index contributed by atoms with van der Waals surface area (Å²) in [5, 5.41) is 12.1. The molecule has 2 aromatic rings. The van der Waals surface area contributed by atoms with E-state index >= 15 is 0 Å². The van der Waals surface area contributed by atoms with Gasteiger partial charge < -0.3 is 10.4 Å². The molecule has 0 spiro atoms. The SMILES string of the molecule is O=C(Nc1cncnc1)c1ccc(Br)c(O)c1. The highest BCUT2D eigenvalue weighted by atomic mass is 79.9. The first kappa shape index (κ1) is 11.5. The van der Waals surface area contributed by atoms with Crippen LogP contribution in [0.3, 0.4) is 0 Å². The standard InChI is InChI=1S/C11H8BrN3O2/c12-9-2-1-7(3-10(9)16)11(17)15-8-4-13-6-14-5-8/h1-6,16H,(H,15,17). The number of carbonyl (C=O) groups is 1. The van der Waals surface area contributed by atoms with Crippen LogP contribution in [0.25, 0.3) is 0 Å². The first-order valence-corrected chi connectivity index (χ1v) is 5.51. The Balaban J connectivity index is 2.18. The molecule has 0 bridgehead atoms. The zero-order valence-electron chi connectivity index (χ0n) is 8.59. The maximum Gasteiger partial charge on any atom is 0.255 e. The van der Waals surface area contributed by atoms with Crippen molar-refractivity contribution in [3.8, 4) is 5.75 Å². The van der Waals surface area contributed by atoms with E-state index in [2.05, 4.69) is 31.2 Å². The highest BCUT2D eigenvalue weighted by Crippen LogP contribution is 2.24. The maximum atomic E-state index is 11.8. The zero-order valence-corrected chi connectivity index (χ0v) is 10.2. The minimum absolute atomic E-state index is 0.0157. The molecule has 0 fully saturated rings. The lowest BCUT2D eigenvalue weighted by molar-refractivity contribution is 0.102. The molecule has 1 aromatic carbocycles. The summed E-state index contributed by atoms with van der Waals surface area (Å²) in [4.78, 5) is 19.3. The minimum Gasteiger partial charge on any atom is -0.507 e. The van der Waals surface area contributed by atoms with Gasteiger partial charge in [0.05, 0.1) is 22.6 Å². The van der Waals surface area contributed by atoms with Crippen molar-refractivity contribution in [1.29, 1.82) is 0 Å². The van der Waals surface area contributed by atoms with Gasteiger partial charge in [-0.15, -0.1) is 0 Å². The Morgan fingerprint density at radius 3 is 2.65 bits per heavy atom. The molecular formula is C11H8BrN3O2. The van der Waals surface area contributed by atoms with Gasteiger partial charge in [0.15, 0.2) is 0 Å². The molecule has 2 N–H and O–H groups in total. The Labute approximate surface area is 106 Å². The monoisotopic (exact) mass is 293 g/mol. The number of amides is 1. The highest BCUT2D eigenvalue weighted by molar-refractivity contribution is 9.10. The Kier molecular flexibility index (Phi) is 3.34. The second kappa shape index (κ2) is 4.92. The van der Waals surface area contributed by atoms with Crippen molar-refractivity contribution in [2.75, 3.05) is 5.32 Å². The van der Waals surface area contributed by atoms with Gasteiger partial charge in [-0.25, -0.2) is 9.97 Å². The van der Waals surface area contributed by atoms with Gasteiger partial charge in [0, 0.05) is 5.56 Å². The molecule has 0 aliphatic rings. The van der Waals surface area contributed by atoms with Crippen LogP contribution in [0.4, 0.5) is 5.69 Å². The Morgan fingerprint density at radius 1 is 1.29 bits per heavy atom. The van der Waals surface area contributed by atoms with Crippen LogP contribution < -0.4 is 5.32 Å². The first-order valence-electron chi connectivity index (χ1n) is 4.71. The van der Waals surface area contributed by atoms with Crippen molar-refractivity contribution in [3.05, 3.63) is 47.0 Å². The van der Waals surface area contributed by atoms with Gasteiger partial charge in [0.1, 0.15) is 12.1 Å². The quantitative estimate of drug-likeness (QED) is 0.890. The van der Waals surface area contributed by atoms with E-state index in [9.17, 15) is 9.90 Å². The number of rotatable bonds is 2. The van der Waals surface area contributed by atoms with Gasteiger partial charge >= 0.3 is 0 Å². The number of hydrogen-bond donors (Lipinski definition) is 2. The van der Waals surface area contributed by atoms with Gasteiger partial charge in [-0.1, -0.05) is 0 Å². The molecule has 1 amide bonds. The molecule has 17 heavy (non-hydrogen) atoms. The van der Waals surface area contributed by atoms with Crippen molar-refractivity contribution < 1.29 is 9.90 Å². The van der Waals surface area contributed by atoms with Crippen LogP contribution >= 0.6 is 15.9 Å². The first-order chi connectivity index (χ1) is 8.16. The third-order valence-corrected chi connectivity index (χ3v) is 2.70. The van der Waals surface area contributed by atoms with E-state index in [-0.39, 0.29) is 11.7 Å². The number of anilines is 1. The fraction of sp³-hybridized carbons (Fsp3) is 0. The average molecular weight is 294 g/mol. The number of halogens is 1. The summed E-state index contributed by atoms with van der Waals surface area (Å²) in [6.07, 6.45) is 4.36. The van der Waals surface area contributed by atoms with E-state index in [0.717, 1.165) is 0 Å². The largest absolute Gasteiger partial charge is 0.507 e. The van der Waals surface area contributed by atoms with Crippen LogP contribution in [0.15, 0.2) is 41.4 Å². The summed E-state index contributed by atoms with van der Waals surface area (Å²) in [5.74, 6) is -0.315. The van der Waals surface area contributed by atoms with Crippen LogP contribution in [-0.4, -0.2) is 21.0 Å². The van der Waals surface area contributed by atoms with Crippen molar-refractivity contribution in [3.63, 3.8) is 0 Å². The molecule has 5 nitrogen and oxygen atoms in total. The fourth-order valence-electron chi connectivity index (χ4n) is 1.22. The maximum absolute atomic E-state index is 11.8. The summed E-state index contributed by atoms with van der Waals surface area (Å²) in [5.41, 5.74) is 0.856. The topological polar surface area (TPSA) is 75.1 Å². The molecule has 0 unspecified atom stereocenters. The predicted molar refractivity (Wildman–Crippen MR) is 65.8 cm³/mol. The molecule has 2 rings (SSSR count). The predicted octanol–water partition coefficient (Wildman–Crippen LogP) is 2.20. The number of nitrogens with zero attached hydrogens (tertiary/aromatic N) is 2. The molecule has 1 heterocycles. The molecule has 0 atom stereocenters. The summed E-state index contributed by atoms with van der Waals surface area (Å²) in [6.45, 7) is 0. The number of aromatic nitrogens is 2. The van der Waals surface area contributed by atoms with E-state index in [4.69, 9.17) is 0 Å². The van der Waals surface area contributed by atoms with Gasteiger partial charge in [0.2, 0.25) is 0 Å². The average Bonchev–Trinajstić information content (AvgIpc) is 2.34. The molecule has 0 saturated carbocycles. The number of nitrogens with one attached hydrogen (secondary N) is 1. The van der Waals surface area contributed by atoms with E-state index in [0.29, 0.717) is 15.7 Å². The van der Waals surface area contributed by atoms with Crippen molar-refractivity contribution in [1.82, 2.24) is 9.97 Å². The number of aromatic hydroxyl groups is 1. The molecule has 0 aliphatic heterocycles. The Bertz CT molecular complexity index is 546. The van der Waals surface area contributed by atoms with Crippen molar-refractivity contribution >= 4 is 27.5 Å². The normalized spacial score (nSPS) is 9.94. The molecule has 0 radical (unpaired) electrons. The molecule has 1 aromatic heterocycles. The van der Waals surface area contributed by atoms with Crippen LogP contribution in [-0.2, 0) is 0 Å². The van der Waals surface area contributed by atoms with E-state index < -0.39 is 0 Å². The number of carbonyl (C=O) groups excluding carboxylic acids is 1. The number of hydrogen-bond acceptors (Lipinski definition) is 4. The summed E-state index contributed by atoms with van der Waals surface area (Å²) in [6, 6.07) is 4.58. The number of benzene rings is 1. The zero-order chi connectivity index (χ0) is 12.3. The van der Waals surface area contributed by atoms with Crippen LogP contribution in [0, 0.1) is 0 Å². The second-order valence-corrected chi connectivity index (χ2v) is 4.10. The minimum atomic E-state index is -0.331. The van der Waals surface area contributed by atoms with Gasteiger partial charge in [0.25, 0.3) is 5.91 Å². The molecule has 0 saturated heterocycles. The van der Waals surface area contributed by atoms with Crippen molar-refractivity contribution in [2.45, 2.75) is 0 Å². The third-order valence-electron chi connectivity index (χ3n) is 2.03. The summed E-state index contributed by atoms with van der Waals surface area (Å²) in [7, 11) is 0. The van der Waals surface area contributed by atoms with E-state index in [1.165, 1.54) is 24.8 Å².